The van der Waals surface area contributed by atoms with Crippen molar-refractivity contribution >= 4 is 0 Å². The van der Waals surface area contributed by atoms with Crippen molar-refractivity contribution in [2.75, 3.05) is 19.6 Å². The summed E-state index contributed by atoms with van der Waals surface area (Å²) < 4.78 is 3.28. The summed E-state index contributed by atoms with van der Waals surface area (Å²) in [5.74, 6) is 1.98. The molecule has 1 saturated carbocycles. The van der Waals surface area contributed by atoms with Gasteiger partial charge in [-0.1, -0.05) is 18.2 Å². The summed E-state index contributed by atoms with van der Waals surface area (Å²) in [4.78, 5) is 15.3. The molecule has 146 valence electrons. The predicted octanol–water partition coefficient (Wildman–Crippen LogP) is 2.27. The fraction of sp³-hybridized carbons (Fsp3) is 0.619. The van der Waals surface area contributed by atoms with Gasteiger partial charge < -0.3 is 10.6 Å². The van der Waals surface area contributed by atoms with Crippen molar-refractivity contribution in [2.45, 2.75) is 50.5 Å². The molecule has 1 aromatic heterocycles. The second-order valence-corrected chi connectivity index (χ2v) is 8.31. The first-order valence-electron chi connectivity index (χ1n) is 10.3. The Morgan fingerprint density at radius 2 is 1.85 bits per heavy atom. The van der Waals surface area contributed by atoms with Gasteiger partial charge in [0.15, 0.2) is 0 Å². The van der Waals surface area contributed by atoms with Gasteiger partial charge in [0, 0.05) is 32.1 Å². The molecule has 0 radical (unpaired) electrons. The molecule has 0 amide bonds. The highest BCUT2D eigenvalue weighted by atomic mass is 16.2. The zero-order valence-corrected chi connectivity index (χ0v) is 16.3. The van der Waals surface area contributed by atoms with E-state index >= 15 is 0 Å². The average Bonchev–Trinajstić information content (AvgIpc) is 2.99. The van der Waals surface area contributed by atoms with Gasteiger partial charge in [0.05, 0.1) is 5.69 Å². The van der Waals surface area contributed by atoms with E-state index in [4.69, 9.17) is 5.73 Å². The molecular formula is C21H31N5O. The molecule has 0 bridgehead atoms. The van der Waals surface area contributed by atoms with Crippen LogP contribution in [0.4, 0.5) is 0 Å². The van der Waals surface area contributed by atoms with Gasteiger partial charge in [-0.2, -0.15) is 5.10 Å². The fourth-order valence-corrected chi connectivity index (χ4v) is 4.74. The van der Waals surface area contributed by atoms with Gasteiger partial charge in [-0.25, -0.2) is 14.0 Å². The van der Waals surface area contributed by atoms with E-state index in [1.807, 2.05) is 30.3 Å². The normalized spacial score (nSPS) is 27.0. The number of hydrogen-bond acceptors (Lipinski definition) is 4. The summed E-state index contributed by atoms with van der Waals surface area (Å²) >= 11 is 0. The molecule has 6 nitrogen and oxygen atoms in total. The third-order valence-corrected chi connectivity index (χ3v) is 6.24. The second-order valence-electron chi connectivity index (χ2n) is 8.31. The number of piperidine rings is 1. The van der Waals surface area contributed by atoms with E-state index in [1.165, 1.54) is 17.5 Å². The molecule has 6 heteroatoms. The van der Waals surface area contributed by atoms with E-state index in [-0.39, 0.29) is 5.69 Å². The maximum atomic E-state index is 12.7. The van der Waals surface area contributed by atoms with Gasteiger partial charge in [0.2, 0.25) is 0 Å². The van der Waals surface area contributed by atoms with E-state index in [9.17, 15) is 4.79 Å². The zero-order chi connectivity index (χ0) is 18.8. The van der Waals surface area contributed by atoms with Gasteiger partial charge in [0.1, 0.15) is 5.82 Å². The number of hydrogen-bond donors (Lipinski definition) is 1. The lowest BCUT2D eigenvalue weighted by molar-refractivity contribution is 0.154. The zero-order valence-electron chi connectivity index (χ0n) is 16.3. The van der Waals surface area contributed by atoms with Crippen LogP contribution in [-0.4, -0.2) is 44.9 Å². The summed E-state index contributed by atoms with van der Waals surface area (Å²) in [6.07, 6.45) is 7.08. The third-order valence-electron chi connectivity index (χ3n) is 6.24. The Kier molecular flexibility index (Phi) is 5.45. The van der Waals surface area contributed by atoms with E-state index in [2.05, 4.69) is 10.00 Å². The fourth-order valence-electron chi connectivity index (χ4n) is 4.74. The lowest BCUT2D eigenvalue weighted by Crippen LogP contribution is -2.40. The SMILES string of the molecule is Cn1nc(C2CCCN(CC3CCC(N)CC3)C2)n(-c2ccccc2)c1=O. The van der Waals surface area contributed by atoms with Crippen LogP contribution in [0.3, 0.4) is 0 Å². The lowest BCUT2D eigenvalue weighted by atomic mass is 9.85. The highest BCUT2D eigenvalue weighted by Gasteiger charge is 2.29. The lowest BCUT2D eigenvalue weighted by Gasteiger charge is -2.36. The summed E-state index contributed by atoms with van der Waals surface area (Å²) in [6, 6.07) is 10.3. The predicted molar refractivity (Wildman–Crippen MR) is 107 cm³/mol. The Morgan fingerprint density at radius 3 is 2.59 bits per heavy atom. The standard InChI is InChI=1S/C21H31N5O/c1-24-21(27)26(19-7-3-2-4-8-19)20(23-24)17-6-5-13-25(15-17)14-16-9-11-18(22)12-10-16/h2-4,7-8,16-18H,5-6,9-15,22H2,1H3. The van der Waals surface area contributed by atoms with Crippen LogP contribution in [-0.2, 0) is 7.05 Å². The monoisotopic (exact) mass is 369 g/mol. The molecule has 27 heavy (non-hydrogen) atoms. The molecule has 1 unspecified atom stereocenters. The topological polar surface area (TPSA) is 69.1 Å². The van der Waals surface area contributed by atoms with Crippen LogP contribution in [0.25, 0.3) is 5.69 Å². The first-order chi connectivity index (χ1) is 13.1. The molecule has 1 aliphatic carbocycles. The van der Waals surface area contributed by atoms with Crippen LogP contribution in [0.15, 0.2) is 35.1 Å². The number of nitrogens with zero attached hydrogens (tertiary/aromatic N) is 4. The molecule has 2 fully saturated rings. The molecule has 2 aliphatic rings. The highest BCUT2D eigenvalue weighted by molar-refractivity contribution is 5.33. The van der Waals surface area contributed by atoms with Crippen molar-refractivity contribution in [2.24, 2.45) is 18.7 Å². The van der Waals surface area contributed by atoms with Crippen LogP contribution in [0.2, 0.25) is 0 Å². The molecular weight excluding hydrogens is 338 g/mol. The van der Waals surface area contributed by atoms with Crippen LogP contribution in [0, 0.1) is 5.92 Å². The van der Waals surface area contributed by atoms with Crippen LogP contribution < -0.4 is 11.4 Å². The first-order valence-corrected chi connectivity index (χ1v) is 10.3. The van der Waals surface area contributed by atoms with Crippen molar-refractivity contribution in [1.29, 1.82) is 0 Å². The quantitative estimate of drug-likeness (QED) is 0.898. The molecule has 2 heterocycles. The Labute approximate surface area is 161 Å². The maximum absolute atomic E-state index is 12.7. The maximum Gasteiger partial charge on any atom is 0.350 e. The first kappa shape index (κ1) is 18.4. The van der Waals surface area contributed by atoms with Crippen molar-refractivity contribution in [3.8, 4) is 5.69 Å². The van der Waals surface area contributed by atoms with E-state index in [0.717, 1.165) is 62.7 Å². The van der Waals surface area contributed by atoms with Crippen LogP contribution in [0.5, 0.6) is 0 Å². The summed E-state index contributed by atoms with van der Waals surface area (Å²) in [7, 11) is 1.75. The smallest absolute Gasteiger partial charge is 0.328 e. The number of benzene rings is 1. The Morgan fingerprint density at radius 1 is 1.11 bits per heavy atom. The molecule has 0 spiro atoms. The van der Waals surface area contributed by atoms with Crippen LogP contribution >= 0.6 is 0 Å². The number of para-hydroxylation sites is 1. The third kappa shape index (κ3) is 4.01. The van der Waals surface area contributed by atoms with E-state index < -0.39 is 0 Å². The minimum atomic E-state index is -0.0606. The van der Waals surface area contributed by atoms with Gasteiger partial charge in [-0.15, -0.1) is 0 Å². The number of aromatic nitrogens is 3. The molecule has 1 aliphatic heterocycles. The Bertz CT molecular complexity index is 804. The van der Waals surface area contributed by atoms with E-state index in [1.54, 1.807) is 11.6 Å². The van der Waals surface area contributed by atoms with Gasteiger partial charge in [-0.05, 0) is 63.1 Å². The largest absolute Gasteiger partial charge is 0.350 e. The van der Waals surface area contributed by atoms with Gasteiger partial charge in [-0.3, -0.25) is 0 Å². The average molecular weight is 370 g/mol. The van der Waals surface area contributed by atoms with Crippen molar-refractivity contribution in [3.05, 3.63) is 46.6 Å². The Balaban J connectivity index is 1.52. The Hall–Kier alpha value is -1.92. The van der Waals surface area contributed by atoms with Crippen molar-refractivity contribution in [1.82, 2.24) is 19.2 Å². The summed E-state index contributed by atoms with van der Waals surface area (Å²) in [5, 5.41) is 4.63. The minimum Gasteiger partial charge on any atom is -0.328 e. The summed E-state index contributed by atoms with van der Waals surface area (Å²) in [5.41, 5.74) is 6.91. The van der Waals surface area contributed by atoms with E-state index in [0.29, 0.717) is 12.0 Å². The van der Waals surface area contributed by atoms with Crippen LogP contribution in [0.1, 0.15) is 50.3 Å². The molecule has 2 N–H and O–H groups in total. The number of nitrogens with two attached hydrogens (primary N) is 1. The molecule has 1 atom stereocenters. The van der Waals surface area contributed by atoms with Gasteiger partial charge >= 0.3 is 5.69 Å². The number of aryl methyl sites for hydroxylation is 1. The molecule has 2 aromatic rings. The molecule has 1 aromatic carbocycles. The molecule has 1 saturated heterocycles. The summed E-state index contributed by atoms with van der Waals surface area (Å²) in [6.45, 7) is 3.30. The highest BCUT2D eigenvalue weighted by Crippen LogP contribution is 2.29. The second kappa shape index (κ2) is 7.98. The van der Waals surface area contributed by atoms with Crippen molar-refractivity contribution < 1.29 is 0 Å². The van der Waals surface area contributed by atoms with Crippen molar-refractivity contribution in [3.63, 3.8) is 0 Å². The molecule has 4 rings (SSSR count). The number of likely N-dealkylation sites (tertiary alicyclic amines) is 1. The minimum absolute atomic E-state index is 0.0606. The number of rotatable bonds is 4. The van der Waals surface area contributed by atoms with Gasteiger partial charge in [0.25, 0.3) is 0 Å².